The minimum Gasteiger partial charge on any atom is -0.396 e. The summed E-state index contributed by atoms with van der Waals surface area (Å²) in [4.78, 5) is 3.99. The van der Waals surface area contributed by atoms with Crippen LogP contribution in [-0.4, -0.2) is 9.55 Å². The highest BCUT2D eigenvalue weighted by Crippen LogP contribution is 2.25. The van der Waals surface area contributed by atoms with E-state index in [9.17, 15) is 0 Å². The van der Waals surface area contributed by atoms with Crippen LogP contribution in [0.3, 0.4) is 0 Å². The molecule has 4 heteroatoms. The maximum atomic E-state index is 5.81. The normalized spacial score (nSPS) is 10.8. The SMILES string of the molecule is CCn1ccc2c(N)ncc(N)c21. The van der Waals surface area contributed by atoms with E-state index in [0.717, 1.165) is 17.4 Å². The highest BCUT2D eigenvalue weighted by atomic mass is 15.0. The Hall–Kier alpha value is -1.71. The zero-order valence-electron chi connectivity index (χ0n) is 7.49. The summed E-state index contributed by atoms with van der Waals surface area (Å²) >= 11 is 0. The van der Waals surface area contributed by atoms with Gasteiger partial charge in [0, 0.05) is 18.1 Å². The van der Waals surface area contributed by atoms with Crippen molar-refractivity contribution < 1.29 is 0 Å². The molecule has 0 amide bonds. The first kappa shape index (κ1) is 7.91. The number of hydrogen-bond acceptors (Lipinski definition) is 3. The van der Waals surface area contributed by atoms with Gasteiger partial charge >= 0.3 is 0 Å². The molecule has 0 saturated heterocycles. The fourth-order valence-electron chi connectivity index (χ4n) is 1.53. The van der Waals surface area contributed by atoms with Crippen LogP contribution in [0.2, 0.25) is 0 Å². The first-order valence-corrected chi connectivity index (χ1v) is 4.22. The Balaban J connectivity index is 2.87. The Morgan fingerprint density at radius 2 is 2.23 bits per heavy atom. The Morgan fingerprint density at radius 3 is 2.92 bits per heavy atom. The van der Waals surface area contributed by atoms with E-state index in [1.54, 1.807) is 6.20 Å². The van der Waals surface area contributed by atoms with Gasteiger partial charge in [-0.25, -0.2) is 4.98 Å². The van der Waals surface area contributed by atoms with Crippen LogP contribution >= 0.6 is 0 Å². The molecular weight excluding hydrogens is 164 g/mol. The van der Waals surface area contributed by atoms with Crippen molar-refractivity contribution in [2.45, 2.75) is 13.5 Å². The molecule has 0 aliphatic carbocycles. The second-order valence-electron chi connectivity index (χ2n) is 2.96. The van der Waals surface area contributed by atoms with Gasteiger partial charge in [-0.2, -0.15) is 0 Å². The molecule has 68 valence electrons. The van der Waals surface area contributed by atoms with Gasteiger partial charge in [-0.1, -0.05) is 0 Å². The molecule has 0 aromatic carbocycles. The Kier molecular flexibility index (Phi) is 1.62. The number of nitrogen functional groups attached to an aromatic ring is 2. The van der Waals surface area contributed by atoms with E-state index < -0.39 is 0 Å². The minimum absolute atomic E-state index is 0.538. The Morgan fingerprint density at radius 1 is 1.46 bits per heavy atom. The van der Waals surface area contributed by atoms with Crippen molar-refractivity contribution in [2.75, 3.05) is 11.5 Å². The predicted octanol–water partition coefficient (Wildman–Crippen LogP) is 1.22. The maximum absolute atomic E-state index is 5.81. The van der Waals surface area contributed by atoms with Gasteiger partial charge in [0.15, 0.2) is 0 Å². The zero-order chi connectivity index (χ0) is 9.42. The minimum atomic E-state index is 0.538. The third-order valence-electron chi connectivity index (χ3n) is 2.20. The number of aromatic nitrogens is 2. The molecule has 4 nitrogen and oxygen atoms in total. The quantitative estimate of drug-likeness (QED) is 0.686. The van der Waals surface area contributed by atoms with E-state index in [-0.39, 0.29) is 0 Å². The number of nitrogens with two attached hydrogens (primary N) is 2. The maximum Gasteiger partial charge on any atom is 0.132 e. The van der Waals surface area contributed by atoms with E-state index in [0.29, 0.717) is 11.5 Å². The molecule has 0 unspecified atom stereocenters. The van der Waals surface area contributed by atoms with Gasteiger partial charge in [0.2, 0.25) is 0 Å². The fraction of sp³-hybridized carbons (Fsp3) is 0.222. The summed E-state index contributed by atoms with van der Waals surface area (Å²) in [5, 5.41) is 0.932. The largest absolute Gasteiger partial charge is 0.396 e. The first-order valence-electron chi connectivity index (χ1n) is 4.22. The van der Waals surface area contributed by atoms with Gasteiger partial charge in [-0.15, -0.1) is 0 Å². The third kappa shape index (κ3) is 1.02. The first-order chi connectivity index (χ1) is 6.24. The lowest BCUT2D eigenvalue weighted by atomic mass is 10.3. The molecule has 13 heavy (non-hydrogen) atoms. The number of pyridine rings is 1. The van der Waals surface area contributed by atoms with Crippen LogP contribution in [0.4, 0.5) is 11.5 Å². The van der Waals surface area contributed by atoms with Gasteiger partial charge in [-0.05, 0) is 13.0 Å². The van der Waals surface area contributed by atoms with Crippen LogP contribution < -0.4 is 11.5 Å². The van der Waals surface area contributed by atoms with Crippen molar-refractivity contribution in [1.82, 2.24) is 9.55 Å². The van der Waals surface area contributed by atoms with E-state index in [1.807, 2.05) is 12.3 Å². The van der Waals surface area contributed by atoms with Crippen LogP contribution in [0.25, 0.3) is 10.9 Å². The second-order valence-corrected chi connectivity index (χ2v) is 2.96. The molecular formula is C9H12N4. The average molecular weight is 176 g/mol. The predicted molar refractivity (Wildman–Crippen MR) is 54.2 cm³/mol. The summed E-state index contributed by atoms with van der Waals surface area (Å²) in [7, 11) is 0. The van der Waals surface area contributed by atoms with E-state index >= 15 is 0 Å². The van der Waals surface area contributed by atoms with Crippen LogP contribution in [0.15, 0.2) is 18.5 Å². The van der Waals surface area contributed by atoms with Crippen molar-refractivity contribution in [1.29, 1.82) is 0 Å². The number of rotatable bonds is 1. The molecule has 4 N–H and O–H groups in total. The van der Waals surface area contributed by atoms with Crippen molar-refractivity contribution in [3.05, 3.63) is 18.5 Å². The number of nitrogens with zero attached hydrogens (tertiary/aromatic N) is 2. The summed E-state index contributed by atoms with van der Waals surface area (Å²) in [6.07, 6.45) is 3.57. The van der Waals surface area contributed by atoms with Crippen LogP contribution in [-0.2, 0) is 6.54 Å². The number of fused-ring (bicyclic) bond motifs is 1. The lowest BCUT2D eigenvalue weighted by Gasteiger charge is -2.04. The van der Waals surface area contributed by atoms with Crippen molar-refractivity contribution >= 4 is 22.4 Å². The van der Waals surface area contributed by atoms with E-state index in [1.165, 1.54) is 0 Å². The van der Waals surface area contributed by atoms with Crippen LogP contribution in [0.5, 0.6) is 0 Å². The number of anilines is 2. The van der Waals surface area contributed by atoms with Crippen molar-refractivity contribution in [3.63, 3.8) is 0 Å². The average Bonchev–Trinajstić information content (AvgIpc) is 2.56. The molecule has 2 rings (SSSR count). The Bertz CT molecular complexity index is 444. The van der Waals surface area contributed by atoms with Crippen LogP contribution in [0, 0.1) is 0 Å². The molecule has 0 spiro atoms. The standard InChI is InChI=1S/C9H12N4/c1-2-13-4-3-6-8(13)7(10)5-12-9(6)11/h3-5H,2,10H2,1H3,(H2,11,12). The van der Waals surface area contributed by atoms with Gasteiger partial charge in [0.25, 0.3) is 0 Å². The lowest BCUT2D eigenvalue weighted by Crippen LogP contribution is -1.99. The molecule has 0 radical (unpaired) electrons. The highest BCUT2D eigenvalue weighted by molar-refractivity contribution is 5.96. The summed E-state index contributed by atoms with van der Waals surface area (Å²) in [6, 6.07) is 1.94. The van der Waals surface area contributed by atoms with E-state index in [2.05, 4.69) is 16.5 Å². The van der Waals surface area contributed by atoms with Gasteiger partial charge in [0.05, 0.1) is 17.4 Å². The molecule has 0 saturated carbocycles. The number of hydrogen-bond donors (Lipinski definition) is 2. The topological polar surface area (TPSA) is 69.9 Å². The van der Waals surface area contributed by atoms with Gasteiger partial charge < -0.3 is 16.0 Å². The molecule has 0 aliphatic rings. The molecule has 2 aromatic rings. The van der Waals surface area contributed by atoms with Crippen molar-refractivity contribution in [2.24, 2.45) is 0 Å². The summed E-state index contributed by atoms with van der Waals surface area (Å²) in [5.41, 5.74) is 13.2. The lowest BCUT2D eigenvalue weighted by molar-refractivity contribution is 0.798. The highest BCUT2D eigenvalue weighted by Gasteiger charge is 2.06. The van der Waals surface area contributed by atoms with Gasteiger partial charge in [-0.3, -0.25) is 0 Å². The third-order valence-corrected chi connectivity index (χ3v) is 2.20. The summed E-state index contributed by atoms with van der Waals surface area (Å²) in [5.74, 6) is 0.538. The fourth-order valence-corrected chi connectivity index (χ4v) is 1.53. The smallest absolute Gasteiger partial charge is 0.132 e. The molecule has 0 fully saturated rings. The number of aryl methyl sites for hydroxylation is 1. The van der Waals surface area contributed by atoms with Crippen LogP contribution in [0.1, 0.15) is 6.92 Å². The molecule has 0 bridgehead atoms. The zero-order valence-corrected chi connectivity index (χ0v) is 7.49. The summed E-state index contributed by atoms with van der Waals surface area (Å²) in [6.45, 7) is 2.95. The van der Waals surface area contributed by atoms with Gasteiger partial charge in [0.1, 0.15) is 5.82 Å². The second kappa shape index (κ2) is 2.65. The van der Waals surface area contributed by atoms with E-state index in [4.69, 9.17) is 11.5 Å². The molecule has 0 atom stereocenters. The summed E-state index contributed by atoms with van der Waals surface area (Å²) < 4.78 is 2.06. The monoisotopic (exact) mass is 176 g/mol. The van der Waals surface area contributed by atoms with Crippen molar-refractivity contribution in [3.8, 4) is 0 Å². The Labute approximate surface area is 76.2 Å². The molecule has 2 aromatic heterocycles. The molecule has 0 aliphatic heterocycles. The molecule has 2 heterocycles.